The van der Waals surface area contributed by atoms with Crippen LogP contribution in [0.25, 0.3) is 0 Å². The fraction of sp³-hybridized carbons (Fsp3) is 0.739. The van der Waals surface area contributed by atoms with Gasteiger partial charge >= 0.3 is 0 Å². The van der Waals surface area contributed by atoms with E-state index in [1.165, 1.54) is 42.4 Å². The molecule has 3 rings (SSSR count). The largest absolute Gasteiger partial charge is 0.369 e. The Bertz CT molecular complexity index is 612. The van der Waals surface area contributed by atoms with Crippen LogP contribution in [0.3, 0.4) is 0 Å². The molecule has 2 fully saturated rings. The van der Waals surface area contributed by atoms with Crippen LogP contribution in [0.15, 0.2) is 18.2 Å². The molecule has 0 bridgehead atoms. The van der Waals surface area contributed by atoms with Crippen molar-refractivity contribution in [3.63, 3.8) is 0 Å². The van der Waals surface area contributed by atoms with Gasteiger partial charge in [0.2, 0.25) is 0 Å². The van der Waals surface area contributed by atoms with E-state index in [2.05, 4.69) is 62.8 Å². The van der Waals surface area contributed by atoms with E-state index >= 15 is 0 Å². The first-order valence-corrected chi connectivity index (χ1v) is 10.9. The number of unbranched alkanes of at least 4 members (excludes halogenated alkanes) is 2. The van der Waals surface area contributed by atoms with Crippen molar-refractivity contribution < 1.29 is 4.74 Å². The molecule has 1 radical (unpaired) electrons. The van der Waals surface area contributed by atoms with E-state index in [0.717, 1.165) is 32.8 Å². The number of morpholine rings is 1. The van der Waals surface area contributed by atoms with Crippen LogP contribution in [0.4, 0.5) is 0 Å². The molecule has 0 aliphatic carbocycles. The summed E-state index contributed by atoms with van der Waals surface area (Å²) in [5.41, 5.74) is 3.72. The third kappa shape index (κ3) is 3.95. The fourth-order valence-corrected chi connectivity index (χ4v) is 4.56. The Labute approximate surface area is 166 Å². The normalized spacial score (nSPS) is 28.7. The molecule has 1 spiro atoms. The van der Waals surface area contributed by atoms with Crippen LogP contribution in [0.1, 0.15) is 69.2 Å². The van der Waals surface area contributed by atoms with Crippen molar-refractivity contribution >= 4 is 0 Å². The van der Waals surface area contributed by atoms with Crippen LogP contribution in [0.5, 0.6) is 0 Å². The topological polar surface area (TPSA) is 29.8 Å². The first-order chi connectivity index (χ1) is 13.0. The summed E-state index contributed by atoms with van der Waals surface area (Å²) in [6.45, 7) is 16.1. The van der Waals surface area contributed by atoms with Gasteiger partial charge in [-0.3, -0.25) is 0 Å². The van der Waals surface area contributed by atoms with E-state index in [0.29, 0.717) is 5.92 Å². The molecule has 1 aromatic rings. The standard InChI is InChI=1S/C23H38N3O/c1-6-8-13-25(14-9-7-2)26-17-20(5)23(26)22(27-15-12-24-23)21-11-10-18(3)19(4)16-21/h10-11,16,20,22H,6-9,12-15,17H2,1-5H3. The fourth-order valence-electron chi connectivity index (χ4n) is 4.56. The molecular weight excluding hydrogens is 334 g/mol. The van der Waals surface area contributed by atoms with E-state index in [1.807, 2.05) is 0 Å². The molecule has 4 heteroatoms. The van der Waals surface area contributed by atoms with E-state index in [-0.39, 0.29) is 11.8 Å². The molecule has 2 heterocycles. The Morgan fingerprint density at radius 1 is 1.15 bits per heavy atom. The number of rotatable bonds is 8. The van der Waals surface area contributed by atoms with Gasteiger partial charge in [0, 0.05) is 32.1 Å². The molecule has 0 saturated carbocycles. The van der Waals surface area contributed by atoms with Gasteiger partial charge in [-0.25, -0.2) is 15.3 Å². The zero-order valence-corrected chi connectivity index (χ0v) is 18.0. The second kappa shape index (κ2) is 9.04. The Morgan fingerprint density at radius 3 is 2.44 bits per heavy atom. The van der Waals surface area contributed by atoms with Crippen LogP contribution in [0, 0.1) is 19.8 Å². The zero-order chi connectivity index (χ0) is 19.4. The smallest absolute Gasteiger partial charge is 0.134 e. The van der Waals surface area contributed by atoms with Gasteiger partial charge in [0.05, 0.1) is 6.61 Å². The minimum Gasteiger partial charge on any atom is -0.369 e. The van der Waals surface area contributed by atoms with Crippen LogP contribution in [-0.2, 0) is 4.74 Å². The van der Waals surface area contributed by atoms with Gasteiger partial charge in [0.1, 0.15) is 11.8 Å². The number of nitrogens with zero attached hydrogens (tertiary/aromatic N) is 3. The zero-order valence-electron chi connectivity index (χ0n) is 18.0. The van der Waals surface area contributed by atoms with Gasteiger partial charge in [-0.1, -0.05) is 51.8 Å². The van der Waals surface area contributed by atoms with E-state index in [1.54, 1.807) is 0 Å². The lowest BCUT2D eigenvalue weighted by Crippen LogP contribution is -2.79. The summed E-state index contributed by atoms with van der Waals surface area (Å²) in [4.78, 5) is 0. The molecule has 1 aromatic carbocycles. The Balaban J connectivity index is 1.90. The summed E-state index contributed by atoms with van der Waals surface area (Å²) in [6, 6.07) is 6.80. The highest BCUT2D eigenvalue weighted by molar-refractivity contribution is 5.34. The van der Waals surface area contributed by atoms with Gasteiger partial charge in [-0.2, -0.15) is 0 Å². The predicted molar refractivity (Wildman–Crippen MR) is 112 cm³/mol. The summed E-state index contributed by atoms with van der Waals surface area (Å²) >= 11 is 0. The molecule has 0 amide bonds. The third-order valence-electron chi connectivity index (χ3n) is 6.43. The van der Waals surface area contributed by atoms with Crippen molar-refractivity contribution in [1.82, 2.24) is 15.3 Å². The third-order valence-corrected chi connectivity index (χ3v) is 6.43. The summed E-state index contributed by atoms with van der Waals surface area (Å²) in [5, 5.41) is 10.4. The Morgan fingerprint density at radius 2 is 1.85 bits per heavy atom. The highest BCUT2D eigenvalue weighted by Crippen LogP contribution is 2.48. The number of ether oxygens (including phenoxy) is 1. The number of hydrazine groups is 1. The lowest BCUT2D eigenvalue weighted by atomic mass is 9.76. The minimum atomic E-state index is -0.235. The Hall–Kier alpha value is -0.940. The van der Waals surface area contributed by atoms with Crippen molar-refractivity contribution in [2.45, 2.75) is 72.1 Å². The number of hydrogen-bond donors (Lipinski definition) is 0. The molecule has 2 aliphatic rings. The summed E-state index contributed by atoms with van der Waals surface area (Å²) in [5.74, 6) is 0.509. The van der Waals surface area contributed by atoms with Crippen molar-refractivity contribution in [3.8, 4) is 0 Å². The Kier molecular flexibility index (Phi) is 6.96. The van der Waals surface area contributed by atoms with Crippen molar-refractivity contribution in [2.24, 2.45) is 5.92 Å². The van der Waals surface area contributed by atoms with E-state index in [4.69, 9.17) is 10.1 Å². The monoisotopic (exact) mass is 372 g/mol. The van der Waals surface area contributed by atoms with Gasteiger partial charge in [-0.05, 0) is 43.4 Å². The molecule has 2 aliphatic heterocycles. The molecule has 3 unspecified atom stereocenters. The first kappa shape index (κ1) is 20.8. The molecule has 0 aromatic heterocycles. The first-order valence-electron chi connectivity index (χ1n) is 10.9. The lowest BCUT2D eigenvalue weighted by molar-refractivity contribution is -0.288. The van der Waals surface area contributed by atoms with Gasteiger partial charge in [0.15, 0.2) is 0 Å². The van der Waals surface area contributed by atoms with Crippen LogP contribution >= 0.6 is 0 Å². The highest BCUT2D eigenvalue weighted by atomic mass is 16.5. The second-order valence-corrected chi connectivity index (χ2v) is 8.40. The molecule has 0 N–H and O–H groups in total. The summed E-state index contributed by atoms with van der Waals surface area (Å²) < 4.78 is 6.41. The minimum absolute atomic E-state index is 0.0278. The van der Waals surface area contributed by atoms with Gasteiger partial charge < -0.3 is 4.74 Å². The number of aryl methyl sites for hydroxylation is 2. The van der Waals surface area contributed by atoms with Crippen LogP contribution in [-0.4, -0.2) is 48.5 Å². The SMILES string of the molecule is CCCCN(CCCC)N1CC(C)C12[N]CCOC2c1ccc(C)c(C)c1. The van der Waals surface area contributed by atoms with E-state index < -0.39 is 0 Å². The van der Waals surface area contributed by atoms with Gasteiger partial charge in [0.25, 0.3) is 0 Å². The molecule has 4 nitrogen and oxygen atoms in total. The maximum absolute atomic E-state index is 6.41. The molecule has 27 heavy (non-hydrogen) atoms. The maximum Gasteiger partial charge on any atom is 0.134 e. The summed E-state index contributed by atoms with van der Waals surface area (Å²) in [7, 11) is 0. The average Bonchev–Trinajstić information content (AvgIpc) is 2.69. The van der Waals surface area contributed by atoms with Crippen molar-refractivity contribution in [3.05, 3.63) is 34.9 Å². The van der Waals surface area contributed by atoms with Crippen LogP contribution < -0.4 is 5.32 Å². The quantitative estimate of drug-likeness (QED) is 0.675. The molecular formula is C23H38N3O. The number of hydrogen-bond acceptors (Lipinski definition) is 3. The van der Waals surface area contributed by atoms with Gasteiger partial charge in [-0.15, -0.1) is 0 Å². The number of benzene rings is 1. The molecule has 2 saturated heterocycles. The summed E-state index contributed by atoms with van der Waals surface area (Å²) in [6.07, 6.45) is 4.96. The molecule has 151 valence electrons. The van der Waals surface area contributed by atoms with Crippen molar-refractivity contribution in [2.75, 3.05) is 32.8 Å². The predicted octanol–water partition coefficient (Wildman–Crippen LogP) is 4.44. The maximum atomic E-state index is 6.41. The lowest BCUT2D eigenvalue weighted by Gasteiger charge is -2.64. The molecule has 3 atom stereocenters. The van der Waals surface area contributed by atoms with Crippen LogP contribution in [0.2, 0.25) is 0 Å². The second-order valence-electron chi connectivity index (χ2n) is 8.40. The van der Waals surface area contributed by atoms with Crippen molar-refractivity contribution in [1.29, 1.82) is 0 Å². The average molecular weight is 373 g/mol. The highest BCUT2D eigenvalue weighted by Gasteiger charge is 2.61. The van der Waals surface area contributed by atoms with E-state index in [9.17, 15) is 0 Å².